The van der Waals surface area contributed by atoms with E-state index in [4.69, 9.17) is 9.47 Å². The first-order valence-electron chi connectivity index (χ1n) is 19.3. The highest BCUT2D eigenvalue weighted by atomic mass is 16.8. The summed E-state index contributed by atoms with van der Waals surface area (Å²) in [6.07, 6.45) is 41.8. The summed E-state index contributed by atoms with van der Waals surface area (Å²) in [6.45, 7) is 6.18. The fourth-order valence-electron chi connectivity index (χ4n) is 5.41. The van der Waals surface area contributed by atoms with Crippen LogP contribution in [0.1, 0.15) is 201 Å². The van der Waals surface area contributed by atoms with Crippen molar-refractivity contribution in [1.29, 1.82) is 0 Å². The molecule has 0 heterocycles. The first kappa shape index (κ1) is 43.4. The normalized spacial score (nSPS) is 13.2. The van der Waals surface area contributed by atoms with Crippen molar-refractivity contribution in [2.75, 3.05) is 14.1 Å². The zero-order chi connectivity index (χ0) is 33.3. The van der Waals surface area contributed by atoms with Gasteiger partial charge in [-0.05, 0) is 78.3 Å². The summed E-state index contributed by atoms with van der Waals surface area (Å²) >= 11 is 0. The van der Waals surface area contributed by atoms with Crippen LogP contribution in [0.4, 0.5) is 0 Å². The molecule has 0 atom stereocenters. The number of esters is 2. The highest BCUT2D eigenvalue weighted by Crippen LogP contribution is 2.20. The second-order valence-corrected chi connectivity index (χ2v) is 13.4. The largest absolute Gasteiger partial charge is 0.409 e. The summed E-state index contributed by atoms with van der Waals surface area (Å²) in [5.41, 5.74) is 0. The Hall–Kier alpha value is -1.62. The number of rotatable bonds is 33. The average Bonchev–Trinajstić information content (AvgIpc) is 3.00. The molecule has 0 radical (unpaired) electrons. The molecular weight excluding hydrogens is 558 g/mol. The highest BCUT2D eigenvalue weighted by molar-refractivity contribution is 5.71. The average molecular weight is 634 g/mol. The molecule has 0 rings (SSSR count). The van der Waals surface area contributed by atoms with E-state index in [1.54, 1.807) is 25.9 Å². The summed E-state index contributed by atoms with van der Waals surface area (Å²) in [4.78, 5) is 26.7. The van der Waals surface area contributed by atoms with Gasteiger partial charge in [0.15, 0.2) is 0 Å². The topological polar surface area (TPSA) is 55.8 Å². The first-order valence-corrected chi connectivity index (χ1v) is 19.3. The van der Waals surface area contributed by atoms with Crippen molar-refractivity contribution >= 4 is 11.9 Å². The number of hydrogen-bond acceptors (Lipinski definition) is 5. The van der Waals surface area contributed by atoms with E-state index in [-0.39, 0.29) is 11.9 Å². The summed E-state index contributed by atoms with van der Waals surface area (Å²) in [6, 6.07) is 0. The molecule has 0 aromatic heterocycles. The van der Waals surface area contributed by atoms with Gasteiger partial charge in [0.05, 0.1) is 0 Å². The molecule has 0 spiro atoms. The number of allylic oxidation sites excluding steroid dienone is 4. The number of nitrogens with zero attached hydrogens (tertiary/aromatic N) is 1. The van der Waals surface area contributed by atoms with E-state index >= 15 is 0 Å². The second kappa shape index (κ2) is 32.3. The maximum Gasteiger partial charge on any atom is 0.317 e. The van der Waals surface area contributed by atoms with Gasteiger partial charge in [0, 0.05) is 19.8 Å². The van der Waals surface area contributed by atoms with Crippen LogP contribution >= 0.6 is 0 Å². The van der Waals surface area contributed by atoms with Crippen molar-refractivity contribution < 1.29 is 19.1 Å². The zero-order valence-electron chi connectivity index (χ0n) is 30.7. The molecule has 0 aliphatic rings. The van der Waals surface area contributed by atoms with Crippen LogP contribution in [-0.4, -0.2) is 36.8 Å². The number of carbonyl (C=O) groups excluding carboxylic acids is 2. The standard InChI is InChI=1S/C40H75NO4/c1-6-8-10-12-14-16-18-20-22-24-26-28-30-32-34-36-38(42)44-40(3,41(4)5)45-39(43)37-35-33-31-29-27-25-23-21-19-17-15-13-11-9-7-2/h20-23H,6-19,24-37H2,1-5H3. The van der Waals surface area contributed by atoms with Gasteiger partial charge in [-0.1, -0.05) is 141 Å². The number of ether oxygens (including phenoxy) is 2. The van der Waals surface area contributed by atoms with E-state index in [1.165, 1.54) is 116 Å². The van der Waals surface area contributed by atoms with Crippen molar-refractivity contribution in [3.63, 3.8) is 0 Å². The third kappa shape index (κ3) is 29.5. The van der Waals surface area contributed by atoms with E-state index in [0.29, 0.717) is 12.8 Å². The minimum absolute atomic E-state index is 0.308. The predicted octanol–water partition coefficient (Wildman–Crippen LogP) is 12.4. The molecule has 0 aromatic rings. The molecule has 0 aliphatic heterocycles. The van der Waals surface area contributed by atoms with Crippen LogP contribution in [-0.2, 0) is 19.1 Å². The molecular formula is C40H75NO4. The lowest BCUT2D eigenvalue weighted by Crippen LogP contribution is -2.49. The Balaban J connectivity index is 3.85. The van der Waals surface area contributed by atoms with Gasteiger partial charge in [0.25, 0.3) is 0 Å². The molecule has 0 saturated heterocycles. The summed E-state index contributed by atoms with van der Waals surface area (Å²) in [5.74, 6) is -1.98. The van der Waals surface area contributed by atoms with Crippen molar-refractivity contribution in [2.45, 2.75) is 206 Å². The van der Waals surface area contributed by atoms with Crippen LogP contribution in [0.25, 0.3) is 0 Å². The van der Waals surface area contributed by atoms with Crippen molar-refractivity contribution in [3.8, 4) is 0 Å². The van der Waals surface area contributed by atoms with E-state index < -0.39 is 5.91 Å². The fourth-order valence-corrected chi connectivity index (χ4v) is 5.41. The summed E-state index contributed by atoms with van der Waals surface area (Å²) in [7, 11) is 3.54. The van der Waals surface area contributed by atoms with E-state index in [1.807, 2.05) is 0 Å². The minimum atomic E-state index is -1.36. The van der Waals surface area contributed by atoms with Gasteiger partial charge < -0.3 is 9.47 Å². The van der Waals surface area contributed by atoms with Gasteiger partial charge in [0.1, 0.15) is 0 Å². The van der Waals surface area contributed by atoms with Crippen LogP contribution < -0.4 is 0 Å². The summed E-state index contributed by atoms with van der Waals surface area (Å²) < 4.78 is 11.3. The quantitative estimate of drug-likeness (QED) is 0.0311. The van der Waals surface area contributed by atoms with E-state index in [9.17, 15) is 9.59 Å². The lowest BCUT2D eigenvalue weighted by molar-refractivity contribution is -0.269. The van der Waals surface area contributed by atoms with Gasteiger partial charge in [-0.15, -0.1) is 0 Å². The SMILES string of the molecule is CCCCCCCCC=CCCCCCCCC(=O)OC(C)(OC(=O)CCCCCCCC=CCCCCCCCC)N(C)C. The lowest BCUT2D eigenvalue weighted by Gasteiger charge is -2.34. The van der Waals surface area contributed by atoms with Crippen LogP contribution in [0.15, 0.2) is 24.3 Å². The Labute approximate surface area is 280 Å². The zero-order valence-corrected chi connectivity index (χ0v) is 30.7. The van der Waals surface area contributed by atoms with Crippen LogP contribution in [0.5, 0.6) is 0 Å². The Kier molecular flexibility index (Phi) is 31.2. The highest BCUT2D eigenvalue weighted by Gasteiger charge is 2.35. The maximum absolute atomic E-state index is 12.5. The lowest BCUT2D eigenvalue weighted by atomic mass is 10.1. The predicted molar refractivity (Wildman–Crippen MR) is 193 cm³/mol. The molecule has 0 bridgehead atoms. The molecule has 5 heteroatoms. The molecule has 0 fully saturated rings. The molecule has 5 nitrogen and oxygen atoms in total. The number of unbranched alkanes of at least 4 members (excludes halogenated alkanes) is 22. The fraction of sp³-hybridized carbons (Fsp3) is 0.850. The molecule has 0 aromatic carbocycles. The minimum Gasteiger partial charge on any atom is -0.409 e. The smallest absolute Gasteiger partial charge is 0.317 e. The molecule has 0 N–H and O–H groups in total. The van der Waals surface area contributed by atoms with Gasteiger partial charge in [-0.25, -0.2) is 4.90 Å². The third-order valence-electron chi connectivity index (χ3n) is 8.70. The molecule has 0 saturated carbocycles. The summed E-state index contributed by atoms with van der Waals surface area (Å²) in [5, 5.41) is 0. The van der Waals surface area contributed by atoms with Gasteiger partial charge >= 0.3 is 17.8 Å². The molecule has 0 unspecified atom stereocenters. The van der Waals surface area contributed by atoms with Crippen molar-refractivity contribution in [2.24, 2.45) is 0 Å². The van der Waals surface area contributed by atoms with Crippen molar-refractivity contribution in [3.05, 3.63) is 24.3 Å². The Morgan fingerprint density at radius 2 is 0.733 bits per heavy atom. The van der Waals surface area contributed by atoms with Gasteiger partial charge in [0.2, 0.25) is 0 Å². The van der Waals surface area contributed by atoms with Crippen molar-refractivity contribution in [1.82, 2.24) is 4.90 Å². The van der Waals surface area contributed by atoms with Crippen LogP contribution in [0, 0.1) is 0 Å². The Morgan fingerprint density at radius 1 is 0.467 bits per heavy atom. The molecule has 0 aliphatic carbocycles. The molecule has 264 valence electrons. The van der Waals surface area contributed by atoms with Gasteiger partial charge in [-0.2, -0.15) is 0 Å². The van der Waals surface area contributed by atoms with Gasteiger partial charge in [-0.3, -0.25) is 9.59 Å². The maximum atomic E-state index is 12.5. The third-order valence-corrected chi connectivity index (χ3v) is 8.70. The van der Waals surface area contributed by atoms with Crippen LogP contribution in [0.2, 0.25) is 0 Å². The first-order chi connectivity index (χ1) is 21.9. The Bertz CT molecular complexity index is 676. The van der Waals surface area contributed by atoms with Crippen LogP contribution in [0.3, 0.4) is 0 Å². The van der Waals surface area contributed by atoms with E-state index in [2.05, 4.69) is 38.2 Å². The number of hydrogen-bond donors (Lipinski definition) is 0. The monoisotopic (exact) mass is 634 g/mol. The second-order valence-electron chi connectivity index (χ2n) is 13.4. The Morgan fingerprint density at radius 3 is 1.02 bits per heavy atom. The number of carbonyl (C=O) groups is 2. The van der Waals surface area contributed by atoms with E-state index in [0.717, 1.165) is 51.4 Å². The molecule has 0 amide bonds. The molecule has 45 heavy (non-hydrogen) atoms.